The Hall–Kier alpha value is -1.22. The Labute approximate surface area is 94.4 Å². The molecule has 0 aliphatic rings. The van der Waals surface area contributed by atoms with Gasteiger partial charge in [0.25, 0.3) is 0 Å². The van der Waals surface area contributed by atoms with Gasteiger partial charge in [0, 0.05) is 12.1 Å². The number of hydrogen-bond acceptors (Lipinski definition) is 2. The largest absolute Gasteiger partial charge is 0.496 e. The number of rotatable bonds is 3. The molecule has 1 rings (SSSR count). The van der Waals surface area contributed by atoms with Crippen LogP contribution in [0.2, 0.25) is 0 Å². The fourth-order valence-corrected chi connectivity index (χ4v) is 1.41. The number of hydrogen-bond donors (Lipinski definition) is 1. The molecule has 0 atom stereocenters. The number of ether oxygens (including phenoxy) is 1. The third-order valence-corrected chi connectivity index (χ3v) is 2.45. The zero-order valence-corrected chi connectivity index (χ0v) is 9.81. The average Bonchev–Trinajstić information content (AvgIpc) is 2.19. The van der Waals surface area contributed by atoms with Crippen molar-refractivity contribution in [3.05, 3.63) is 28.8 Å². The van der Waals surface area contributed by atoms with Crippen molar-refractivity contribution in [2.75, 3.05) is 7.11 Å². The highest BCUT2D eigenvalue weighted by Gasteiger charge is 2.06. The van der Waals surface area contributed by atoms with Gasteiger partial charge < -0.3 is 10.1 Å². The number of benzene rings is 1. The van der Waals surface area contributed by atoms with E-state index in [-0.39, 0.29) is 0 Å². The summed E-state index contributed by atoms with van der Waals surface area (Å²) in [6.07, 6.45) is 0. The molecule has 4 heteroatoms. The molecular weight excluding hydrogens is 214 g/mol. The molecule has 0 spiro atoms. The first-order valence-corrected chi connectivity index (χ1v) is 5.00. The average molecular weight is 228 g/mol. The van der Waals surface area contributed by atoms with Gasteiger partial charge in [-0.3, -0.25) is 4.79 Å². The second-order valence-electron chi connectivity index (χ2n) is 3.38. The molecular formula is C11H14ClNO2. The lowest BCUT2D eigenvalue weighted by molar-refractivity contribution is 0.259. The van der Waals surface area contributed by atoms with Crippen LogP contribution in [-0.2, 0) is 6.54 Å². The lowest BCUT2D eigenvalue weighted by Crippen LogP contribution is -2.16. The molecule has 0 aromatic heterocycles. The monoisotopic (exact) mass is 227 g/mol. The van der Waals surface area contributed by atoms with Gasteiger partial charge in [-0.25, -0.2) is 0 Å². The van der Waals surface area contributed by atoms with E-state index < -0.39 is 5.37 Å². The van der Waals surface area contributed by atoms with Gasteiger partial charge >= 0.3 is 5.37 Å². The van der Waals surface area contributed by atoms with Crippen LogP contribution in [0.15, 0.2) is 12.1 Å². The summed E-state index contributed by atoms with van der Waals surface area (Å²) in [7, 11) is 1.61. The van der Waals surface area contributed by atoms with Crippen LogP contribution in [0.25, 0.3) is 0 Å². The van der Waals surface area contributed by atoms with Gasteiger partial charge in [0.2, 0.25) is 0 Å². The predicted octanol–water partition coefficient (Wildman–Crippen LogP) is 2.76. The Morgan fingerprint density at radius 3 is 2.53 bits per heavy atom. The van der Waals surface area contributed by atoms with Crippen molar-refractivity contribution in [1.82, 2.24) is 5.32 Å². The Balaban J connectivity index is 2.94. The topological polar surface area (TPSA) is 38.3 Å². The third kappa shape index (κ3) is 3.13. The van der Waals surface area contributed by atoms with E-state index in [9.17, 15) is 4.79 Å². The minimum Gasteiger partial charge on any atom is -0.496 e. The van der Waals surface area contributed by atoms with Gasteiger partial charge in [0.15, 0.2) is 0 Å². The maximum atomic E-state index is 10.6. The second-order valence-corrected chi connectivity index (χ2v) is 3.72. The van der Waals surface area contributed by atoms with Crippen LogP contribution in [0, 0.1) is 13.8 Å². The minimum atomic E-state index is -0.560. The van der Waals surface area contributed by atoms with E-state index in [0.29, 0.717) is 6.54 Å². The fraction of sp³-hybridized carbons (Fsp3) is 0.364. The molecule has 0 unspecified atom stereocenters. The highest BCUT2D eigenvalue weighted by molar-refractivity contribution is 6.62. The van der Waals surface area contributed by atoms with Gasteiger partial charge in [0.05, 0.1) is 7.11 Å². The van der Waals surface area contributed by atoms with Crippen molar-refractivity contribution in [2.45, 2.75) is 20.4 Å². The Bertz CT molecular complexity index is 377. The number of nitrogens with one attached hydrogen (secondary N) is 1. The summed E-state index contributed by atoms with van der Waals surface area (Å²) >= 11 is 5.20. The van der Waals surface area contributed by atoms with E-state index in [1.165, 1.54) is 0 Å². The Morgan fingerprint density at radius 1 is 1.40 bits per heavy atom. The van der Waals surface area contributed by atoms with Crippen molar-refractivity contribution >= 4 is 17.0 Å². The van der Waals surface area contributed by atoms with Crippen LogP contribution >= 0.6 is 11.6 Å². The molecule has 1 aromatic rings. The molecule has 82 valence electrons. The maximum absolute atomic E-state index is 10.6. The number of carbonyl (C=O) groups excluding carboxylic acids is 1. The normalized spacial score (nSPS) is 9.87. The van der Waals surface area contributed by atoms with Gasteiger partial charge in [-0.1, -0.05) is 6.07 Å². The standard InChI is InChI=1S/C11H14ClNO2/c1-7-4-9(6-13-11(12)14)10(15-3)5-8(7)2/h4-5H,6H2,1-3H3,(H,13,14). The molecule has 1 N–H and O–H groups in total. The van der Waals surface area contributed by atoms with Gasteiger partial charge in [-0.15, -0.1) is 0 Å². The van der Waals surface area contributed by atoms with Crippen LogP contribution in [0.5, 0.6) is 5.75 Å². The summed E-state index contributed by atoms with van der Waals surface area (Å²) in [6.45, 7) is 4.41. The van der Waals surface area contributed by atoms with E-state index >= 15 is 0 Å². The first-order valence-electron chi connectivity index (χ1n) is 4.62. The molecule has 0 saturated heterocycles. The van der Waals surface area contributed by atoms with E-state index in [0.717, 1.165) is 22.4 Å². The number of aryl methyl sites for hydroxylation is 2. The van der Waals surface area contributed by atoms with Crippen LogP contribution in [0.4, 0.5) is 4.79 Å². The summed E-state index contributed by atoms with van der Waals surface area (Å²) in [5.74, 6) is 0.767. The predicted molar refractivity (Wildman–Crippen MR) is 60.6 cm³/mol. The molecule has 0 bridgehead atoms. The smallest absolute Gasteiger partial charge is 0.314 e. The van der Waals surface area contributed by atoms with Crippen LogP contribution in [-0.4, -0.2) is 12.5 Å². The molecule has 1 amide bonds. The summed E-state index contributed by atoms with van der Waals surface area (Å²) in [5, 5.41) is 1.97. The number of halogens is 1. The fourth-order valence-electron chi connectivity index (χ4n) is 1.34. The van der Waals surface area contributed by atoms with Gasteiger partial charge in [-0.05, 0) is 42.6 Å². The maximum Gasteiger partial charge on any atom is 0.314 e. The lowest BCUT2D eigenvalue weighted by atomic mass is 10.1. The number of methoxy groups -OCH3 is 1. The molecule has 15 heavy (non-hydrogen) atoms. The minimum absolute atomic E-state index is 0.382. The molecule has 0 fully saturated rings. The number of amides is 1. The lowest BCUT2D eigenvalue weighted by Gasteiger charge is -2.11. The summed E-state index contributed by atoms with van der Waals surface area (Å²) in [5.41, 5.74) is 3.25. The number of carbonyl (C=O) groups is 1. The first kappa shape index (κ1) is 11.9. The van der Waals surface area contributed by atoms with Crippen molar-refractivity contribution < 1.29 is 9.53 Å². The molecule has 0 aliphatic heterocycles. The molecule has 1 aromatic carbocycles. The van der Waals surface area contributed by atoms with E-state index in [1.807, 2.05) is 26.0 Å². The SMILES string of the molecule is COc1cc(C)c(C)cc1CNC(=O)Cl. The first-order chi connectivity index (χ1) is 7.04. The van der Waals surface area contributed by atoms with Gasteiger partial charge in [0.1, 0.15) is 5.75 Å². The Kier molecular flexibility index (Phi) is 3.97. The molecule has 0 radical (unpaired) electrons. The molecule has 3 nitrogen and oxygen atoms in total. The third-order valence-electron chi connectivity index (χ3n) is 2.31. The zero-order valence-electron chi connectivity index (χ0n) is 9.06. The zero-order chi connectivity index (χ0) is 11.4. The molecule has 0 saturated carbocycles. The summed E-state index contributed by atoms with van der Waals surface area (Å²) in [6, 6.07) is 3.94. The summed E-state index contributed by atoms with van der Waals surface area (Å²) < 4.78 is 5.22. The Morgan fingerprint density at radius 2 is 2.00 bits per heavy atom. The highest BCUT2D eigenvalue weighted by Crippen LogP contribution is 2.22. The van der Waals surface area contributed by atoms with Gasteiger partial charge in [-0.2, -0.15) is 0 Å². The highest BCUT2D eigenvalue weighted by atomic mass is 35.5. The van der Waals surface area contributed by atoms with Crippen molar-refractivity contribution in [3.8, 4) is 5.75 Å². The van der Waals surface area contributed by atoms with Crippen LogP contribution in [0.1, 0.15) is 16.7 Å². The van der Waals surface area contributed by atoms with Crippen molar-refractivity contribution in [1.29, 1.82) is 0 Å². The van der Waals surface area contributed by atoms with E-state index in [1.54, 1.807) is 7.11 Å². The van der Waals surface area contributed by atoms with Crippen molar-refractivity contribution in [3.63, 3.8) is 0 Å². The van der Waals surface area contributed by atoms with E-state index in [2.05, 4.69) is 5.32 Å². The summed E-state index contributed by atoms with van der Waals surface area (Å²) in [4.78, 5) is 10.6. The second kappa shape index (κ2) is 5.03. The molecule has 0 aliphatic carbocycles. The van der Waals surface area contributed by atoms with Crippen LogP contribution in [0.3, 0.4) is 0 Å². The quantitative estimate of drug-likeness (QED) is 0.637. The molecule has 0 heterocycles. The van der Waals surface area contributed by atoms with E-state index in [4.69, 9.17) is 16.3 Å². The van der Waals surface area contributed by atoms with Crippen LogP contribution < -0.4 is 10.1 Å². The van der Waals surface area contributed by atoms with Crippen molar-refractivity contribution in [2.24, 2.45) is 0 Å².